The lowest BCUT2D eigenvalue weighted by atomic mass is 10.3. The molecule has 1 aromatic heterocycles. The van der Waals surface area contributed by atoms with Gasteiger partial charge in [0.05, 0.1) is 5.75 Å². The van der Waals surface area contributed by atoms with Crippen LogP contribution in [0.1, 0.15) is 0 Å². The minimum atomic E-state index is -3.66. The zero-order chi connectivity index (χ0) is 15.6. The molecule has 1 N–H and O–H groups in total. The van der Waals surface area contributed by atoms with Gasteiger partial charge in [-0.05, 0) is 24.3 Å². The number of fused-ring (bicyclic) bond motifs is 1. The van der Waals surface area contributed by atoms with Crippen LogP contribution in [0.4, 0.5) is 14.5 Å². The van der Waals surface area contributed by atoms with E-state index in [-0.39, 0.29) is 23.2 Å². The van der Waals surface area contributed by atoms with Gasteiger partial charge in [0.15, 0.2) is 11.5 Å². The van der Waals surface area contributed by atoms with Crippen LogP contribution in [-0.4, -0.2) is 22.9 Å². The normalized spacial score (nSPS) is 14.6. The van der Waals surface area contributed by atoms with Crippen molar-refractivity contribution in [2.45, 2.75) is 11.2 Å². The number of nitrogens with one attached hydrogen (secondary N) is 1. The Morgan fingerprint density at radius 2 is 1.91 bits per heavy atom. The van der Waals surface area contributed by atoms with Crippen molar-refractivity contribution < 1.29 is 23.0 Å². The average molecular weight is 324 g/mol. The summed E-state index contributed by atoms with van der Waals surface area (Å²) in [7, 11) is 0. The number of benzene rings is 1. The highest BCUT2D eigenvalue weighted by molar-refractivity contribution is 8.00. The highest BCUT2D eigenvalue weighted by Crippen LogP contribution is 2.42. The number of thioether (sulfide) groups is 1. The third kappa shape index (κ3) is 3.45. The largest absolute Gasteiger partial charge is 0.586 e. The van der Waals surface area contributed by atoms with Crippen LogP contribution in [-0.2, 0) is 4.79 Å². The van der Waals surface area contributed by atoms with Gasteiger partial charge in [0, 0.05) is 29.0 Å². The number of amides is 1. The maximum Gasteiger partial charge on any atom is 0.586 e. The number of aromatic nitrogens is 1. The quantitative estimate of drug-likeness (QED) is 0.876. The molecule has 1 amide bonds. The molecule has 0 fully saturated rings. The van der Waals surface area contributed by atoms with Crippen molar-refractivity contribution in [2.24, 2.45) is 0 Å². The summed E-state index contributed by atoms with van der Waals surface area (Å²) < 4.78 is 34.4. The summed E-state index contributed by atoms with van der Waals surface area (Å²) in [5.74, 6) is -0.236. The fraction of sp³-hybridized carbons (Fsp3) is 0.143. The van der Waals surface area contributed by atoms with E-state index in [4.69, 9.17) is 0 Å². The number of alkyl halides is 2. The number of hydrogen-bond donors (Lipinski definition) is 1. The maximum absolute atomic E-state index is 12.9. The molecule has 0 radical (unpaired) electrons. The molecule has 3 rings (SSSR count). The fourth-order valence-electron chi connectivity index (χ4n) is 1.81. The highest BCUT2D eigenvalue weighted by atomic mass is 32.2. The Morgan fingerprint density at radius 3 is 2.68 bits per heavy atom. The van der Waals surface area contributed by atoms with Crippen LogP contribution in [0.2, 0.25) is 0 Å². The molecule has 0 saturated carbocycles. The van der Waals surface area contributed by atoms with Crippen molar-refractivity contribution in [1.29, 1.82) is 0 Å². The summed E-state index contributed by atoms with van der Waals surface area (Å²) >= 11 is 1.34. The molecule has 1 aromatic carbocycles. The van der Waals surface area contributed by atoms with E-state index in [2.05, 4.69) is 19.8 Å². The molecule has 0 aliphatic carbocycles. The number of carbonyl (C=O) groups is 1. The fourth-order valence-corrected chi connectivity index (χ4v) is 2.49. The Balaban J connectivity index is 1.59. The predicted octanol–water partition coefficient (Wildman–Crippen LogP) is 3.13. The van der Waals surface area contributed by atoms with E-state index in [0.29, 0.717) is 5.69 Å². The number of halogens is 2. The van der Waals surface area contributed by atoms with Crippen molar-refractivity contribution in [2.75, 3.05) is 11.1 Å². The summed E-state index contributed by atoms with van der Waals surface area (Å²) in [5.41, 5.74) is 0.361. The van der Waals surface area contributed by atoms with Crippen LogP contribution in [0, 0.1) is 0 Å². The number of rotatable bonds is 4. The molecule has 114 valence electrons. The number of nitrogens with zero attached hydrogens (tertiary/aromatic N) is 1. The highest BCUT2D eigenvalue weighted by Gasteiger charge is 2.43. The molecule has 5 nitrogen and oxygen atoms in total. The summed E-state index contributed by atoms with van der Waals surface area (Å²) in [6.45, 7) is 0. The Morgan fingerprint density at radius 1 is 1.18 bits per heavy atom. The minimum Gasteiger partial charge on any atom is -0.395 e. The van der Waals surface area contributed by atoms with Gasteiger partial charge in [-0.3, -0.25) is 9.78 Å². The first-order chi connectivity index (χ1) is 10.5. The first kappa shape index (κ1) is 14.6. The topological polar surface area (TPSA) is 60.5 Å². The third-order valence-corrected chi connectivity index (χ3v) is 3.72. The van der Waals surface area contributed by atoms with Crippen molar-refractivity contribution >= 4 is 23.4 Å². The molecule has 0 atom stereocenters. The Labute approximate surface area is 128 Å². The molecule has 8 heteroatoms. The molecule has 0 unspecified atom stereocenters. The summed E-state index contributed by atoms with van der Waals surface area (Å²) in [6, 6.07) is 7.67. The van der Waals surface area contributed by atoms with Gasteiger partial charge in [-0.1, -0.05) is 0 Å². The number of anilines is 1. The van der Waals surface area contributed by atoms with Crippen molar-refractivity contribution in [1.82, 2.24) is 4.98 Å². The van der Waals surface area contributed by atoms with Crippen LogP contribution in [0.25, 0.3) is 0 Å². The molecule has 0 spiro atoms. The van der Waals surface area contributed by atoms with E-state index >= 15 is 0 Å². The van der Waals surface area contributed by atoms with Crippen LogP contribution in [0.3, 0.4) is 0 Å². The number of pyridine rings is 1. The molecule has 22 heavy (non-hydrogen) atoms. The van der Waals surface area contributed by atoms with Gasteiger partial charge in [0.2, 0.25) is 5.91 Å². The Bertz CT molecular complexity index is 698. The molecule has 2 aromatic rings. The lowest BCUT2D eigenvalue weighted by Gasteiger charge is -2.06. The molecule has 2 heterocycles. The van der Waals surface area contributed by atoms with E-state index < -0.39 is 6.29 Å². The van der Waals surface area contributed by atoms with E-state index in [0.717, 1.165) is 4.90 Å². The van der Waals surface area contributed by atoms with Gasteiger partial charge in [0.1, 0.15) is 0 Å². The lowest BCUT2D eigenvalue weighted by molar-refractivity contribution is -0.286. The number of carbonyl (C=O) groups excluding carboxylic acids is 1. The Kier molecular flexibility index (Phi) is 3.84. The van der Waals surface area contributed by atoms with Crippen molar-refractivity contribution in [3.63, 3.8) is 0 Å². The zero-order valence-electron chi connectivity index (χ0n) is 11.1. The smallest absolute Gasteiger partial charge is 0.395 e. The second-order valence-electron chi connectivity index (χ2n) is 4.35. The van der Waals surface area contributed by atoms with Gasteiger partial charge in [-0.25, -0.2) is 0 Å². The summed E-state index contributed by atoms with van der Waals surface area (Å²) in [5, 5.41) is 2.61. The SMILES string of the molecule is O=C(CSc1ccncc1)Nc1ccc2c(c1)OC(F)(F)O2. The van der Waals surface area contributed by atoms with Crippen LogP contribution < -0.4 is 14.8 Å². The Hall–Kier alpha value is -2.35. The molecule has 1 aliphatic rings. The molecule has 0 bridgehead atoms. The standard InChI is InChI=1S/C14H10F2N2O3S/c15-14(16)20-11-2-1-9(7-12(11)21-14)18-13(19)8-22-10-3-5-17-6-4-10/h1-7H,8H2,(H,18,19). The van der Waals surface area contributed by atoms with Crippen molar-refractivity contribution in [3.05, 3.63) is 42.7 Å². The molecular weight excluding hydrogens is 314 g/mol. The average Bonchev–Trinajstić information content (AvgIpc) is 2.79. The first-order valence-corrected chi connectivity index (χ1v) is 7.23. The van der Waals surface area contributed by atoms with Gasteiger partial charge in [-0.15, -0.1) is 20.5 Å². The van der Waals surface area contributed by atoms with Gasteiger partial charge < -0.3 is 14.8 Å². The van der Waals surface area contributed by atoms with Gasteiger partial charge in [0.25, 0.3) is 0 Å². The number of ether oxygens (including phenoxy) is 2. The predicted molar refractivity (Wildman–Crippen MR) is 76.2 cm³/mol. The zero-order valence-corrected chi connectivity index (χ0v) is 11.9. The second kappa shape index (κ2) is 5.80. The molecular formula is C14H10F2N2O3S. The minimum absolute atomic E-state index is 0.0610. The van der Waals surface area contributed by atoms with E-state index in [1.165, 1.54) is 30.0 Å². The van der Waals surface area contributed by atoms with Gasteiger partial charge >= 0.3 is 6.29 Å². The van der Waals surface area contributed by atoms with E-state index in [1.807, 2.05) is 0 Å². The van der Waals surface area contributed by atoms with Crippen molar-refractivity contribution in [3.8, 4) is 11.5 Å². The monoisotopic (exact) mass is 324 g/mol. The molecule has 1 aliphatic heterocycles. The lowest BCUT2D eigenvalue weighted by Crippen LogP contribution is -2.25. The summed E-state index contributed by atoms with van der Waals surface area (Å²) in [6.07, 6.45) is -0.390. The van der Waals surface area contributed by atoms with Crippen LogP contribution in [0.5, 0.6) is 11.5 Å². The first-order valence-electron chi connectivity index (χ1n) is 6.24. The maximum atomic E-state index is 12.9. The van der Waals surface area contributed by atoms with Gasteiger partial charge in [-0.2, -0.15) is 0 Å². The van der Waals surface area contributed by atoms with E-state index in [1.54, 1.807) is 24.5 Å². The van der Waals surface area contributed by atoms with Crippen LogP contribution >= 0.6 is 11.8 Å². The number of hydrogen-bond acceptors (Lipinski definition) is 5. The molecule has 0 saturated heterocycles. The summed E-state index contributed by atoms with van der Waals surface area (Å²) in [4.78, 5) is 16.6. The van der Waals surface area contributed by atoms with E-state index in [9.17, 15) is 13.6 Å². The second-order valence-corrected chi connectivity index (χ2v) is 5.40. The third-order valence-electron chi connectivity index (χ3n) is 2.70. The van der Waals surface area contributed by atoms with Crippen LogP contribution in [0.15, 0.2) is 47.6 Å².